The Morgan fingerprint density at radius 1 is 0.688 bits per heavy atom. The number of halogens is 2. The number of hydrogen-bond acceptors (Lipinski definition) is 8. The maximum atomic E-state index is 11.9. The van der Waals surface area contributed by atoms with E-state index in [4.69, 9.17) is 18.9 Å². The number of nitrogens with one attached hydrogen (secondary N) is 2. The average molecular weight is 572 g/mol. The van der Waals surface area contributed by atoms with Gasteiger partial charge >= 0.3 is 11.8 Å². The van der Waals surface area contributed by atoms with Crippen molar-refractivity contribution in [1.29, 1.82) is 0 Å². The minimum absolute atomic E-state index is 0.483. The number of ether oxygens (including phenoxy) is 4. The van der Waals surface area contributed by atoms with Gasteiger partial charge in [-0.25, -0.2) is 10.9 Å². The Morgan fingerprint density at radius 2 is 1.00 bits per heavy atom. The van der Waals surface area contributed by atoms with E-state index in [0.29, 0.717) is 43.1 Å². The van der Waals surface area contributed by atoms with E-state index in [9.17, 15) is 9.59 Å². The lowest BCUT2D eigenvalue weighted by Crippen LogP contribution is -2.35. The van der Waals surface area contributed by atoms with Gasteiger partial charge < -0.3 is 18.9 Å². The molecule has 0 atom stereocenters. The van der Waals surface area contributed by atoms with Crippen LogP contribution in [0.4, 0.5) is 0 Å². The third-order valence-corrected chi connectivity index (χ3v) is 5.32. The van der Waals surface area contributed by atoms with Crippen LogP contribution >= 0.6 is 31.9 Å². The van der Waals surface area contributed by atoms with Gasteiger partial charge in [-0.05, 0) is 56.1 Å². The van der Waals surface area contributed by atoms with Crippen molar-refractivity contribution in [2.45, 2.75) is 0 Å². The fraction of sp³-hybridized carbons (Fsp3) is 0.200. The van der Waals surface area contributed by atoms with Crippen molar-refractivity contribution in [2.24, 2.45) is 10.2 Å². The molecule has 0 unspecified atom stereocenters. The van der Waals surface area contributed by atoms with Gasteiger partial charge in [-0.3, -0.25) is 9.59 Å². The van der Waals surface area contributed by atoms with Crippen LogP contribution in [0.15, 0.2) is 43.4 Å². The smallest absolute Gasteiger partial charge is 0.331 e. The number of carbonyl (C=O) groups is 2. The molecule has 170 valence electrons. The number of nitrogens with zero attached hydrogens (tertiary/aromatic N) is 2. The third-order valence-electron chi connectivity index (χ3n) is 3.95. The van der Waals surface area contributed by atoms with Crippen LogP contribution in [-0.4, -0.2) is 52.7 Å². The summed E-state index contributed by atoms with van der Waals surface area (Å²) in [6, 6.07) is 6.69. The van der Waals surface area contributed by atoms with Crippen LogP contribution in [0.1, 0.15) is 11.1 Å². The second kappa shape index (κ2) is 12.1. The highest BCUT2D eigenvalue weighted by Gasteiger charge is 2.13. The van der Waals surface area contributed by atoms with Crippen LogP contribution in [0.25, 0.3) is 0 Å². The average Bonchev–Trinajstić information content (AvgIpc) is 2.80. The van der Waals surface area contributed by atoms with Crippen molar-refractivity contribution in [3.8, 4) is 23.0 Å². The summed E-state index contributed by atoms with van der Waals surface area (Å²) in [5.41, 5.74) is 5.44. The van der Waals surface area contributed by atoms with Gasteiger partial charge in [0.05, 0.1) is 40.9 Å². The van der Waals surface area contributed by atoms with Crippen molar-refractivity contribution in [2.75, 3.05) is 28.4 Å². The summed E-state index contributed by atoms with van der Waals surface area (Å²) in [6.45, 7) is 0. The van der Waals surface area contributed by atoms with Crippen LogP contribution in [0.2, 0.25) is 0 Å². The topological polar surface area (TPSA) is 120 Å². The van der Waals surface area contributed by atoms with Crippen LogP contribution in [0, 0.1) is 0 Å². The second-order valence-corrected chi connectivity index (χ2v) is 7.56. The van der Waals surface area contributed by atoms with Crippen molar-refractivity contribution in [1.82, 2.24) is 10.9 Å². The van der Waals surface area contributed by atoms with E-state index >= 15 is 0 Å². The molecule has 0 heterocycles. The van der Waals surface area contributed by atoms with Crippen LogP contribution < -0.4 is 29.8 Å². The molecule has 12 heteroatoms. The van der Waals surface area contributed by atoms with E-state index in [-0.39, 0.29) is 0 Å². The van der Waals surface area contributed by atoms with Gasteiger partial charge in [-0.1, -0.05) is 0 Å². The van der Waals surface area contributed by atoms with E-state index in [2.05, 4.69) is 52.9 Å². The molecular formula is C20H20Br2N4O6. The van der Waals surface area contributed by atoms with E-state index in [1.165, 1.54) is 40.9 Å². The molecule has 0 spiro atoms. The maximum Gasteiger partial charge on any atom is 0.331 e. The first kappa shape index (κ1) is 25.1. The number of amides is 2. The zero-order valence-electron chi connectivity index (χ0n) is 17.6. The summed E-state index contributed by atoms with van der Waals surface area (Å²) >= 11 is 6.74. The molecule has 0 aliphatic heterocycles. The monoisotopic (exact) mass is 570 g/mol. The number of carbonyl (C=O) groups excluding carboxylic acids is 2. The molecule has 0 radical (unpaired) electrons. The van der Waals surface area contributed by atoms with Crippen LogP contribution in [0.3, 0.4) is 0 Å². The highest BCUT2D eigenvalue weighted by molar-refractivity contribution is 9.10. The van der Waals surface area contributed by atoms with Gasteiger partial charge in [-0.15, -0.1) is 0 Å². The Bertz CT molecular complexity index is 975. The number of hydrogen-bond donors (Lipinski definition) is 2. The first-order valence-electron chi connectivity index (χ1n) is 8.84. The Balaban J connectivity index is 1.99. The molecule has 2 rings (SSSR count). The molecule has 10 nitrogen and oxygen atoms in total. The maximum absolute atomic E-state index is 11.9. The predicted molar refractivity (Wildman–Crippen MR) is 126 cm³/mol. The van der Waals surface area contributed by atoms with Crippen molar-refractivity contribution < 1.29 is 28.5 Å². The van der Waals surface area contributed by atoms with Gasteiger partial charge in [0.2, 0.25) is 0 Å². The molecule has 0 saturated carbocycles. The minimum atomic E-state index is -0.999. The Morgan fingerprint density at radius 3 is 1.31 bits per heavy atom. The second-order valence-electron chi connectivity index (χ2n) is 5.86. The molecule has 0 aliphatic rings. The van der Waals surface area contributed by atoms with Crippen LogP contribution in [-0.2, 0) is 9.59 Å². The van der Waals surface area contributed by atoms with E-state index < -0.39 is 11.8 Å². The molecule has 0 aliphatic carbocycles. The van der Waals surface area contributed by atoms with Gasteiger partial charge in [0.25, 0.3) is 0 Å². The molecular weight excluding hydrogens is 552 g/mol. The lowest BCUT2D eigenvalue weighted by molar-refractivity contribution is -0.139. The predicted octanol–water partition coefficient (Wildman–Crippen LogP) is 2.85. The van der Waals surface area contributed by atoms with E-state index in [1.54, 1.807) is 24.3 Å². The van der Waals surface area contributed by atoms with E-state index in [0.717, 1.165) is 0 Å². The van der Waals surface area contributed by atoms with Gasteiger partial charge in [0.15, 0.2) is 23.0 Å². The molecule has 2 aromatic rings. The fourth-order valence-electron chi connectivity index (χ4n) is 2.36. The lowest BCUT2D eigenvalue weighted by Gasteiger charge is -2.09. The summed E-state index contributed by atoms with van der Waals surface area (Å²) < 4.78 is 22.1. The molecule has 0 saturated heterocycles. The fourth-order valence-corrected chi connectivity index (χ4v) is 3.21. The number of rotatable bonds is 8. The Labute approximate surface area is 201 Å². The summed E-state index contributed by atoms with van der Waals surface area (Å²) in [5.74, 6) is 0.0225. The Kier molecular flexibility index (Phi) is 9.47. The van der Waals surface area contributed by atoms with Crippen molar-refractivity contribution in [3.63, 3.8) is 0 Å². The first-order valence-corrected chi connectivity index (χ1v) is 10.4. The molecule has 0 fully saturated rings. The van der Waals surface area contributed by atoms with Gasteiger partial charge in [0, 0.05) is 20.1 Å². The molecule has 32 heavy (non-hydrogen) atoms. The number of hydrazone groups is 2. The lowest BCUT2D eigenvalue weighted by atomic mass is 10.2. The van der Waals surface area contributed by atoms with Gasteiger partial charge in [0.1, 0.15) is 0 Å². The zero-order valence-corrected chi connectivity index (χ0v) is 20.7. The third kappa shape index (κ3) is 6.44. The normalized spacial score (nSPS) is 10.8. The molecule has 0 aromatic heterocycles. The number of methoxy groups -OCH3 is 4. The summed E-state index contributed by atoms with van der Waals surface area (Å²) in [6.07, 6.45) is 2.70. The largest absolute Gasteiger partial charge is 0.493 e. The Hall–Kier alpha value is -3.12. The molecule has 0 bridgehead atoms. The standard InChI is InChI=1S/C20H20Br2N4O6/c1-29-15-5-11(13(21)7-17(15)31-3)9-23-25-19(27)20(28)26-24-10-12-6-16(30-2)18(32-4)8-14(12)22/h5-10H,1-4H3,(H,25,27)(H,26,28). The molecule has 2 amide bonds. The summed E-state index contributed by atoms with van der Waals surface area (Å²) in [4.78, 5) is 23.8. The first-order chi connectivity index (χ1) is 15.3. The highest BCUT2D eigenvalue weighted by Crippen LogP contribution is 2.33. The summed E-state index contributed by atoms with van der Waals surface area (Å²) in [5, 5.41) is 7.55. The SMILES string of the molecule is COc1cc(Br)c(C=NNC(=O)C(=O)NN=Cc2cc(OC)c(OC)cc2Br)cc1OC. The van der Waals surface area contributed by atoms with Crippen molar-refractivity contribution in [3.05, 3.63) is 44.3 Å². The molecule has 2 N–H and O–H groups in total. The highest BCUT2D eigenvalue weighted by atomic mass is 79.9. The van der Waals surface area contributed by atoms with Crippen LogP contribution in [0.5, 0.6) is 23.0 Å². The number of benzene rings is 2. The quantitative estimate of drug-likeness (QED) is 0.286. The molecule has 2 aromatic carbocycles. The van der Waals surface area contributed by atoms with Gasteiger partial charge in [-0.2, -0.15) is 10.2 Å². The minimum Gasteiger partial charge on any atom is -0.493 e. The zero-order chi connectivity index (χ0) is 23.7. The van der Waals surface area contributed by atoms with E-state index in [1.807, 2.05) is 0 Å². The van der Waals surface area contributed by atoms with Crippen molar-refractivity contribution >= 4 is 56.1 Å². The summed E-state index contributed by atoms with van der Waals surface area (Å²) in [7, 11) is 6.03.